The normalized spacial score (nSPS) is 16.6. The summed E-state index contributed by atoms with van der Waals surface area (Å²) in [4.78, 5) is 28.8. The lowest BCUT2D eigenvalue weighted by atomic mass is 9.90. The van der Waals surface area contributed by atoms with Gasteiger partial charge in [0.15, 0.2) is 5.78 Å². The molecule has 5 heteroatoms. The second-order valence-electron chi connectivity index (χ2n) is 5.31. The first-order valence-electron chi connectivity index (χ1n) is 6.88. The number of oxime groups is 1. The van der Waals surface area contributed by atoms with Gasteiger partial charge < -0.3 is 4.84 Å². The summed E-state index contributed by atoms with van der Waals surface area (Å²) in [6, 6.07) is 6.87. The number of carbonyl (C=O) groups excluding carboxylic acids is 2. The molecule has 0 fully saturated rings. The number of allylic oxidation sites excluding steroid dienone is 4. The van der Waals surface area contributed by atoms with E-state index in [2.05, 4.69) is 21.1 Å². The molecule has 0 saturated carbocycles. The van der Waals surface area contributed by atoms with Crippen LogP contribution in [0, 0.1) is 5.92 Å². The van der Waals surface area contributed by atoms with E-state index in [-0.39, 0.29) is 11.7 Å². The zero-order valence-electron chi connectivity index (χ0n) is 12.6. The maximum Gasteiger partial charge on any atom is 0.365 e. The number of ketones is 1. The number of nitrogens with zero attached hydrogens (tertiary/aromatic N) is 1. The summed E-state index contributed by atoms with van der Waals surface area (Å²) >= 11 is 3.30. The average molecular weight is 362 g/mol. The summed E-state index contributed by atoms with van der Waals surface area (Å²) in [5.41, 5.74) is 2.23. The molecule has 0 aromatic heterocycles. The molecule has 0 bridgehead atoms. The van der Waals surface area contributed by atoms with Gasteiger partial charge in [0, 0.05) is 10.0 Å². The molecule has 114 valence electrons. The Kier molecular flexibility index (Phi) is 5.08. The van der Waals surface area contributed by atoms with E-state index in [0.717, 1.165) is 4.47 Å². The van der Waals surface area contributed by atoms with Gasteiger partial charge in [-0.1, -0.05) is 41.0 Å². The van der Waals surface area contributed by atoms with Gasteiger partial charge in [-0.3, -0.25) is 4.79 Å². The van der Waals surface area contributed by atoms with E-state index < -0.39 is 5.97 Å². The van der Waals surface area contributed by atoms with Gasteiger partial charge in [-0.2, -0.15) is 0 Å². The number of benzene rings is 1. The van der Waals surface area contributed by atoms with E-state index in [1.54, 1.807) is 31.2 Å². The van der Waals surface area contributed by atoms with Crippen molar-refractivity contribution < 1.29 is 14.4 Å². The van der Waals surface area contributed by atoms with Gasteiger partial charge in [0.25, 0.3) is 0 Å². The Morgan fingerprint density at radius 2 is 2.00 bits per heavy atom. The Morgan fingerprint density at radius 3 is 2.64 bits per heavy atom. The van der Waals surface area contributed by atoms with E-state index in [9.17, 15) is 9.59 Å². The van der Waals surface area contributed by atoms with Gasteiger partial charge in [-0.25, -0.2) is 4.79 Å². The smallest absolute Gasteiger partial charge is 0.312 e. The van der Waals surface area contributed by atoms with Crippen LogP contribution in [0.1, 0.15) is 31.1 Å². The highest BCUT2D eigenvalue weighted by molar-refractivity contribution is 9.10. The molecule has 0 unspecified atom stereocenters. The summed E-state index contributed by atoms with van der Waals surface area (Å²) in [5, 5.41) is 3.89. The molecule has 1 aromatic carbocycles. The average Bonchev–Trinajstić information content (AvgIpc) is 2.45. The number of hydrogen-bond acceptors (Lipinski definition) is 4. The summed E-state index contributed by atoms with van der Waals surface area (Å²) in [6.07, 6.45) is 3.19. The fraction of sp³-hybridized carbons (Fsp3) is 0.235. The lowest BCUT2D eigenvalue weighted by Gasteiger charge is -2.14. The molecule has 0 N–H and O–H groups in total. The maximum absolute atomic E-state index is 12.0. The lowest BCUT2D eigenvalue weighted by molar-refractivity contribution is -0.111. The standard InChI is InChI=1S/C17H16BrNO3/c1-10(2)14-9-15(11(3)7-16(14)20)19-22-17(21)12-5-4-6-13(18)8-12/h4-10H,1-3H3. The molecule has 4 nitrogen and oxygen atoms in total. The minimum Gasteiger partial charge on any atom is -0.312 e. The SMILES string of the molecule is CC1=CC(=O)C(C(C)C)=CC1=NOC(=O)c1cccc(Br)c1. The van der Waals surface area contributed by atoms with Crippen LogP contribution in [0.5, 0.6) is 0 Å². The zero-order chi connectivity index (χ0) is 16.3. The zero-order valence-corrected chi connectivity index (χ0v) is 14.2. The first-order valence-corrected chi connectivity index (χ1v) is 7.67. The van der Waals surface area contributed by atoms with Crippen LogP contribution < -0.4 is 0 Å². The molecule has 0 saturated heterocycles. The number of halogens is 1. The van der Waals surface area contributed by atoms with Crippen LogP contribution >= 0.6 is 15.9 Å². The molecular formula is C17H16BrNO3. The third-order valence-electron chi connectivity index (χ3n) is 3.24. The number of hydrogen-bond donors (Lipinski definition) is 0. The summed E-state index contributed by atoms with van der Waals surface area (Å²) < 4.78 is 0.788. The van der Waals surface area contributed by atoms with E-state index >= 15 is 0 Å². The fourth-order valence-corrected chi connectivity index (χ4v) is 2.39. The molecule has 22 heavy (non-hydrogen) atoms. The van der Waals surface area contributed by atoms with Gasteiger partial charge in [0.2, 0.25) is 0 Å². The van der Waals surface area contributed by atoms with Crippen LogP contribution in [0.3, 0.4) is 0 Å². The number of carbonyl (C=O) groups is 2. The van der Waals surface area contributed by atoms with Crippen LogP contribution in [0.25, 0.3) is 0 Å². The predicted molar refractivity (Wildman–Crippen MR) is 88.7 cm³/mol. The molecule has 0 radical (unpaired) electrons. The molecule has 1 aromatic rings. The lowest BCUT2D eigenvalue weighted by Crippen LogP contribution is -2.16. The van der Waals surface area contributed by atoms with E-state index in [1.807, 2.05) is 19.9 Å². The third kappa shape index (κ3) is 3.80. The second-order valence-corrected chi connectivity index (χ2v) is 6.23. The molecule has 0 spiro atoms. The Bertz CT molecular complexity index is 714. The number of rotatable bonds is 3. The molecule has 0 aliphatic heterocycles. The van der Waals surface area contributed by atoms with Gasteiger partial charge in [-0.15, -0.1) is 0 Å². The van der Waals surface area contributed by atoms with Crippen molar-refractivity contribution in [1.82, 2.24) is 0 Å². The second kappa shape index (κ2) is 6.83. The Balaban J connectivity index is 2.20. The Hall–Kier alpha value is -2.01. The fourth-order valence-electron chi connectivity index (χ4n) is 1.99. The molecule has 1 aliphatic carbocycles. The van der Waals surface area contributed by atoms with Crippen molar-refractivity contribution in [1.29, 1.82) is 0 Å². The van der Waals surface area contributed by atoms with Crippen LogP contribution in [0.4, 0.5) is 0 Å². The third-order valence-corrected chi connectivity index (χ3v) is 3.73. The van der Waals surface area contributed by atoms with E-state index in [0.29, 0.717) is 22.4 Å². The molecule has 0 amide bonds. The topological polar surface area (TPSA) is 55.7 Å². The van der Waals surface area contributed by atoms with Crippen molar-refractivity contribution in [2.45, 2.75) is 20.8 Å². The Morgan fingerprint density at radius 1 is 1.27 bits per heavy atom. The largest absolute Gasteiger partial charge is 0.365 e. The minimum atomic E-state index is -0.544. The van der Waals surface area contributed by atoms with Gasteiger partial charge in [-0.05, 0) is 48.8 Å². The molecule has 2 rings (SSSR count). The molecule has 0 atom stereocenters. The molecule has 1 aliphatic rings. The highest BCUT2D eigenvalue weighted by Gasteiger charge is 2.19. The molecular weight excluding hydrogens is 346 g/mol. The van der Waals surface area contributed by atoms with Crippen molar-refractivity contribution in [3.05, 3.63) is 57.6 Å². The van der Waals surface area contributed by atoms with Gasteiger partial charge in [0.1, 0.15) is 5.71 Å². The van der Waals surface area contributed by atoms with Crippen LogP contribution in [0.2, 0.25) is 0 Å². The summed E-state index contributed by atoms with van der Waals surface area (Å²) in [7, 11) is 0. The maximum atomic E-state index is 12.0. The van der Waals surface area contributed by atoms with E-state index in [4.69, 9.17) is 4.84 Å². The molecule has 0 heterocycles. The highest BCUT2D eigenvalue weighted by atomic mass is 79.9. The van der Waals surface area contributed by atoms with Gasteiger partial charge in [0.05, 0.1) is 5.56 Å². The van der Waals surface area contributed by atoms with E-state index in [1.165, 1.54) is 6.08 Å². The van der Waals surface area contributed by atoms with Crippen LogP contribution in [0.15, 0.2) is 57.2 Å². The van der Waals surface area contributed by atoms with Crippen molar-refractivity contribution >= 4 is 33.4 Å². The monoisotopic (exact) mass is 361 g/mol. The predicted octanol–water partition coefficient (Wildman–Crippen LogP) is 4.07. The van der Waals surface area contributed by atoms with Crippen molar-refractivity contribution in [2.24, 2.45) is 11.1 Å². The quantitative estimate of drug-likeness (QED) is 0.463. The van der Waals surface area contributed by atoms with Crippen molar-refractivity contribution in [3.63, 3.8) is 0 Å². The van der Waals surface area contributed by atoms with Crippen molar-refractivity contribution in [2.75, 3.05) is 0 Å². The van der Waals surface area contributed by atoms with Crippen LogP contribution in [-0.2, 0) is 9.63 Å². The summed E-state index contributed by atoms with van der Waals surface area (Å²) in [5.74, 6) is -0.481. The van der Waals surface area contributed by atoms with Crippen LogP contribution in [-0.4, -0.2) is 17.5 Å². The Labute approximate surface area is 137 Å². The van der Waals surface area contributed by atoms with Gasteiger partial charge >= 0.3 is 5.97 Å². The first-order chi connectivity index (χ1) is 10.4. The highest BCUT2D eigenvalue weighted by Crippen LogP contribution is 2.19. The first kappa shape index (κ1) is 16.4. The summed E-state index contributed by atoms with van der Waals surface area (Å²) in [6.45, 7) is 5.63. The minimum absolute atomic E-state index is 0.0234. The van der Waals surface area contributed by atoms with Crippen molar-refractivity contribution in [3.8, 4) is 0 Å².